The first-order chi connectivity index (χ1) is 35.1. The molecule has 2 aliphatic rings. The highest BCUT2D eigenvalue weighted by Crippen LogP contribution is 2.26. The van der Waals surface area contributed by atoms with Crippen LogP contribution in [0.4, 0.5) is 0 Å². The molecule has 0 bridgehead atoms. The molecular weight excluding hydrogens is 921 g/mol. The molecule has 2 heterocycles. The van der Waals surface area contributed by atoms with Gasteiger partial charge in [0.2, 0.25) is 0 Å². The molecule has 0 aromatic carbocycles. The van der Waals surface area contributed by atoms with Gasteiger partial charge in [-0.15, -0.1) is 0 Å². The average molecular weight is 1020 g/mol. The third kappa shape index (κ3) is 31.5. The van der Waals surface area contributed by atoms with E-state index in [1.54, 1.807) is 0 Å². The molecule has 11 atom stereocenters. The molecule has 0 aromatic heterocycles. The molecule has 0 aromatic rings. The summed E-state index contributed by atoms with van der Waals surface area (Å²) in [6, 6.07) is 0. The van der Waals surface area contributed by atoms with E-state index in [0.29, 0.717) is 13.0 Å². The van der Waals surface area contributed by atoms with Gasteiger partial charge in [-0.05, 0) is 57.8 Å². The van der Waals surface area contributed by atoms with E-state index < -0.39 is 80.7 Å². The van der Waals surface area contributed by atoms with Crippen LogP contribution in [0.3, 0.4) is 0 Å². The SMILES string of the molecule is CC/C=C\C/C=C\C/C=C\C/C=C\C/C=C\CCCCCCCCCCCCOCC(COC1OC(COC2OC(CO)C(O)C(O)C2O)C(O)C(O)C1O)OC(=O)CCCCCCCCCCCCCC. The minimum atomic E-state index is -1.71. The van der Waals surface area contributed by atoms with Crippen molar-refractivity contribution >= 4 is 5.97 Å². The zero-order chi connectivity index (χ0) is 52.3. The van der Waals surface area contributed by atoms with Gasteiger partial charge in [0.1, 0.15) is 54.9 Å². The van der Waals surface area contributed by atoms with E-state index in [9.17, 15) is 40.5 Å². The molecule has 14 nitrogen and oxygen atoms in total. The van der Waals surface area contributed by atoms with Gasteiger partial charge >= 0.3 is 5.97 Å². The Morgan fingerprint density at radius 2 is 0.903 bits per heavy atom. The van der Waals surface area contributed by atoms with Crippen molar-refractivity contribution < 1.29 is 69.0 Å². The van der Waals surface area contributed by atoms with Crippen molar-refractivity contribution in [2.45, 2.75) is 268 Å². The van der Waals surface area contributed by atoms with E-state index in [1.807, 2.05) is 0 Å². The molecular formula is C58H102O14. The summed E-state index contributed by atoms with van der Waals surface area (Å²) in [6.45, 7) is 3.57. The fourth-order valence-corrected chi connectivity index (χ4v) is 8.72. The quantitative estimate of drug-likeness (QED) is 0.0172. The first kappa shape index (κ1) is 65.8. The normalized spacial score (nSPS) is 25.6. The number of hydrogen-bond donors (Lipinski definition) is 7. The molecule has 2 rings (SSSR count). The molecule has 0 aliphatic carbocycles. The van der Waals surface area contributed by atoms with E-state index in [4.69, 9.17) is 28.4 Å². The zero-order valence-electron chi connectivity index (χ0n) is 44.7. The average Bonchev–Trinajstić information content (AvgIpc) is 3.38. The number of carbonyl (C=O) groups is 1. The summed E-state index contributed by atoms with van der Waals surface area (Å²) in [6.07, 6.45) is 38.6. The van der Waals surface area contributed by atoms with Crippen LogP contribution in [0.5, 0.6) is 0 Å². The summed E-state index contributed by atoms with van der Waals surface area (Å²) in [5.41, 5.74) is 0. The number of hydrogen-bond acceptors (Lipinski definition) is 14. The molecule has 14 heteroatoms. The van der Waals surface area contributed by atoms with Crippen LogP contribution < -0.4 is 0 Å². The van der Waals surface area contributed by atoms with E-state index in [-0.39, 0.29) is 25.6 Å². The molecule has 7 N–H and O–H groups in total. The molecule has 2 fully saturated rings. The van der Waals surface area contributed by atoms with Gasteiger partial charge in [0.25, 0.3) is 0 Å². The molecule has 0 spiro atoms. The predicted molar refractivity (Wildman–Crippen MR) is 284 cm³/mol. The number of allylic oxidation sites excluding steroid dienone is 10. The number of ether oxygens (including phenoxy) is 6. The third-order valence-electron chi connectivity index (χ3n) is 13.3. The first-order valence-electron chi connectivity index (χ1n) is 28.4. The lowest BCUT2D eigenvalue weighted by atomic mass is 9.98. The van der Waals surface area contributed by atoms with Crippen LogP contribution in [0, 0.1) is 0 Å². The van der Waals surface area contributed by atoms with Crippen molar-refractivity contribution in [1.82, 2.24) is 0 Å². The van der Waals surface area contributed by atoms with Gasteiger partial charge in [-0.2, -0.15) is 0 Å². The molecule has 0 amide bonds. The minimum absolute atomic E-state index is 0.0584. The van der Waals surface area contributed by atoms with Gasteiger partial charge in [0.05, 0.1) is 26.4 Å². The Morgan fingerprint density at radius 1 is 0.472 bits per heavy atom. The molecule has 72 heavy (non-hydrogen) atoms. The van der Waals surface area contributed by atoms with Crippen LogP contribution in [0.15, 0.2) is 60.8 Å². The summed E-state index contributed by atoms with van der Waals surface area (Å²) in [7, 11) is 0. The van der Waals surface area contributed by atoms with Crippen molar-refractivity contribution in [1.29, 1.82) is 0 Å². The number of aliphatic hydroxyl groups is 7. The maximum atomic E-state index is 13.0. The summed E-state index contributed by atoms with van der Waals surface area (Å²) in [5.74, 6) is -0.379. The van der Waals surface area contributed by atoms with Gasteiger partial charge in [-0.3, -0.25) is 4.79 Å². The highest BCUT2D eigenvalue weighted by atomic mass is 16.7. The molecule has 0 saturated carbocycles. The molecule has 2 aliphatic heterocycles. The molecule has 2 saturated heterocycles. The standard InChI is InChI=1S/C58H102O14/c1-3-5-7-9-11-13-15-17-18-19-20-21-22-23-24-25-26-27-28-29-30-32-34-36-38-40-42-67-44-47(70-50(60)41-39-37-35-33-31-16-14-12-10-8-6-4-2)45-68-57-56(66)54(64)52(62)49(72-57)46-69-58-55(65)53(63)51(61)48(43-59)71-58/h5,7,11,13,17-18,20-21,23-24,47-49,51-59,61-66H,3-4,6,8-10,12,14-16,19,22,25-46H2,1-2H3/b7-5-,13-11-,18-17-,21-20-,24-23-. The van der Waals surface area contributed by atoms with E-state index in [0.717, 1.165) is 77.0 Å². The fraction of sp³-hybridized carbons (Fsp3) is 0.810. The van der Waals surface area contributed by atoms with Gasteiger partial charge in [0, 0.05) is 13.0 Å². The van der Waals surface area contributed by atoms with Crippen LogP contribution in [0.2, 0.25) is 0 Å². The second kappa shape index (κ2) is 44.9. The van der Waals surface area contributed by atoms with Crippen molar-refractivity contribution in [2.24, 2.45) is 0 Å². The molecule has 418 valence electrons. The Labute approximate surface area is 434 Å². The number of rotatable bonds is 45. The first-order valence-corrected chi connectivity index (χ1v) is 28.4. The zero-order valence-corrected chi connectivity index (χ0v) is 44.7. The van der Waals surface area contributed by atoms with Gasteiger partial charge < -0.3 is 64.2 Å². The highest BCUT2D eigenvalue weighted by Gasteiger charge is 2.47. The van der Waals surface area contributed by atoms with Crippen LogP contribution in [-0.4, -0.2) is 142 Å². The van der Waals surface area contributed by atoms with Gasteiger partial charge in [-0.1, -0.05) is 197 Å². The topological polar surface area (TPSA) is 214 Å². The lowest BCUT2D eigenvalue weighted by Gasteiger charge is -2.42. The number of esters is 1. The number of unbranched alkanes of at least 4 members (excludes halogenated alkanes) is 21. The maximum Gasteiger partial charge on any atom is 0.306 e. The highest BCUT2D eigenvalue weighted by molar-refractivity contribution is 5.69. The van der Waals surface area contributed by atoms with Gasteiger partial charge in [-0.25, -0.2) is 0 Å². The second-order valence-corrected chi connectivity index (χ2v) is 19.7. The Hall–Kier alpha value is -2.31. The predicted octanol–water partition coefficient (Wildman–Crippen LogP) is 9.69. The van der Waals surface area contributed by atoms with Crippen LogP contribution in [0.25, 0.3) is 0 Å². The van der Waals surface area contributed by atoms with Crippen molar-refractivity contribution in [2.75, 3.05) is 33.0 Å². The van der Waals surface area contributed by atoms with Crippen LogP contribution >= 0.6 is 0 Å². The lowest BCUT2D eigenvalue weighted by molar-refractivity contribution is -0.332. The van der Waals surface area contributed by atoms with Crippen molar-refractivity contribution in [3.63, 3.8) is 0 Å². The van der Waals surface area contributed by atoms with Crippen molar-refractivity contribution in [3.8, 4) is 0 Å². The summed E-state index contributed by atoms with van der Waals surface area (Å²) < 4.78 is 34.3. The fourth-order valence-electron chi connectivity index (χ4n) is 8.72. The second-order valence-electron chi connectivity index (χ2n) is 19.7. The third-order valence-corrected chi connectivity index (χ3v) is 13.3. The van der Waals surface area contributed by atoms with Crippen molar-refractivity contribution in [3.05, 3.63) is 60.8 Å². The Bertz CT molecular complexity index is 1420. The summed E-state index contributed by atoms with van der Waals surface area (Å²) in [5, 5.41) is 72.2. The van der Waals surface area contributed by atoms with Crippen LogP contribution in [-0.2, 0) is 33.2 Å². The molecule has 0 radical (unpaired) electrons. The number of carbonyl (C=O) groups excluding carboxylic acids is 1. The monoisotopic (exact) mass is 1020 g/mol. The largest absolute Gasteiger partial charge is 0.457 e. The van der Waals surface area contributed by atoms with Gasteiger partial charge in [0.15, 0.2) is 12.6 Å². The summed E-state index contributed by atoms with van der Waals surface area (Å²) in [4.78, 5) is 13.0. The Balaban J connectivity index is 1.68. The Kier molecular flexibility index (Phi) is 41.1. The smallest absolute Gasteiger partial charge is 0.306 e. The van der Waals surface area contributed by atoms with Crippen LogP contribution in [0.1, 0.15) is 200 Å². The Morgan fingerprint density at radius 3 is 1.42 bits per heavy atom. The van der Waals surface area contributed by atoms with E-state index >= 15 is 0 Å². The van der Waals surface area contributed by atoms with E-state index in [1.165, 1.54) is 96.3 Å². The maximum absolute atomic E-state index is 13.0. The summed E-state index contributed by atoms with van der Waals surface area (Å²) >= 11 is 0. The van der Waals surface area contributed by atoms with E-state index in [2.05, 4.69) is 74.6 Å². The minimum Gasteiger partial charge on any atom is -0.457 e. The number of aliphatic hydroxyl groups excluding tert-OH is 7. The lowest BCUT2D eigenvalue weighted by Crippen LogP contribution is -2.61. The molecule has 11 unspecified atom stereocenters.